The van der Waals surface area contributed by atoms with E-state index >= 15 is 0 Å². The van der Waals surface area contributed by atoms with Gasteiger partial charge in [-0.05, 0) is 51.5 Å². The van der Waals surface area contributed by atoms with E-state index in [1.54, 1.807) is 5.57 Å². The Morgan fingerprint density at radius 1 is 1.24 bits per heavy atom. The van der Waals surface area contributed by atoms with Gasteiger partial charge < -0.3 is 10.1 Å². The summed E-state index contributed by atoms with van der Waals surface area (Å²) in [7, 11) is 1.86. The standard InChI is InChI=1S/C15H27NO/c1-17-15-10-6-5-9-14(15)16-12-11-13-7-3-2-4-8-13/h7,14-16H,2-6,8-12H2,1H3. The Labute approximate surface area is 106 Å². The molecule has 0 spiro atoms. The normalized spacial score (nSPS) is 30.1. The number of nitrogens with one attached hydrogen (secondary N) is 1. The van der Waals surface area contributed by atoms with Gasteiger partial charge in [-0.25, -0.2) is 0 Å². The Morgan fingerprint density at radius 3 is 2.88 bits per heavy atom. The maximum absolute atomic E-state index is 5.57. The van der Waals surface area contributed by atoms with Crippen LogP contribution < -0.4 is 5.32 Å². The number of rotatable bonds is 5. The van der Waals surface area contributed by atoms with Gasteiger partial charge >= 0.3 is 0 Å². The molecule has 2 rings (SSSR count). The lowest BCUT2D eigenvalue weighted by Crippen LogP contribution is -2.43. The zero-order valence-corrected chi connectivity index (χ0v) is 11.2. The van der Waals surface area contributed by atoms with Crippen LogP contribution in [-0.2, 0) is 4.74 Å². The molecule has 0 saturated heterocycles. The van der Waals surface area contributed by atoms with Gasteiger partial charge in [0.2, 0.25) is 0 Å². The molecule has 2 unspecified atom stereocenters. The van der Waals surface area contributed by atoms with Crippen molar-refractivity contribution in [1.29, 1.82) is 0 Å². The van der Waals surface area contributed by atoms with Gasteiger partial charge in [-0.3, -0.25) is 0 Å². The van der Waals surface area contributed by atoms with Crippen molar-refractivity contribution in [3.05, 3.63) is 11.6 Å². The first kappa shape index (κ1) is 13.1. The fourth-order valence-corrected chi connectivity index (χ4v) is 3.16. The van der Waals surface area contributed by atoms with Crippen LogP contribution >= 0.6 is 0 Å². The van der Waals surface area contributed by atoms with Gasteiger partial charge in [-0.1, -0.05) is 24.5 Å². The molecule has 1 N–H and O–H groups in total. The quantitative estimate of drug-likeness (QED) is 0.740. The molecule has 2 aliphatic rings. The second-order valence-corrected chi connectivity index (χ2v) is 5.48. The Balaban J connectivity index is 1.67. The van der Waals surface area contributed by atoms with Crippen LogP contribution in [0.4, 0.5) is 0 Å². The molecule has 2 aliphatic carbocycles. The summed E-state index contributed by atoms with van der Waals surface area (Å²) in [5.74, 6) is 0. The average molecular weight is 237 g/mol. The summed E-state index contributed by atoms with van der Waals surface area (Å²) in [6.07, 6.45) is 14.8. The van der Waals surface area contributed by atoms with Crippen molar-refractivity contribution in [2.75, 3.05) is 13.7 Å². The Morgan fingerprint density at radius 2 is 2.12 bits per heavy atom. The van der Waals surface area contributed by atoms with Crippen LogP contribution in [0.1, 0.15) is 57.8 Å². The lowest BCUT2D eigenvalue weighted by Gasteiger charge is -2.31. The summed E-state index contributed by atoms with van der Waals surface area (Å²) in [5.41, 5.74) is 1.67. The maximum Gasteiger partial charge on any atom is 0.0724 e. The third-order valence-corrected chi connectivity index (χ3v) is 4.24. The summed E-state index contributed by atoms with van der Waals surface area (Å²) in [6, 6.07) is 0.595. The largest absolute Gasteiger partial charge is 0.380 e. The first-order valence-electron chi connectivity index (χ1n) is 7.34. The minimum absolute atomic E-state index is 0.448. The molecule has 98 valence electrons. The van der Waals surface area contributed by atoms with E-state index in [1.165, 1.54) is 57.8 Å². The molecule has 17 heavy (non-hydrogen) atoms. The van der Waals surface area contributed by atoms with E-state index in [0.717, 1.165) is 6.54 Å². The van der Waals surface area contributed by atoms with Crippen molar-refractivity contribution in [1.82, 2.24) is 5.32 Å². The van der Waals surface area contributed by atoms with E-state index < -0.39 is 0 Å². The first-order chi connectivity index (χ1) is 8.40. The van der Waals surface area contributed by atoms with Crippen LogP contribution in [0.3, 0.4) is 0 Å². The van der Waals surface area contributed by atoms with Crippen molar-refractivity contribution in [2.45, 2.75) is 69.9 Å². The van der Waals surface area contributed by atoms with Gasteiger partial charge in [0.25, 0.3) is 0 Å². The van der Waals surface area contributed by atoms with E-state index in [2.05, 4.69) is 11.4 Å². The number of ether oxygens (including phenoxy) is 1. The molecule has 0 aliphatic heterocycles. The van der Waals surface area contributed by atoms with Gasteiger partial charge in [0, 0.05) is 13.2 Å². The minimum Gasteiger partial charge on any atom is -0.380 e. The van der Waals surface area contributed by atoms with Gasteiger partial charge in [0.15, 0.2) is 0 Å². The fourth-order valence-electron chi connectivity index (χ4n) is 3.16. The molecule has 0 amide bonds. The highest BCUT2D eigenvalue weighted by molar-refractivity contribution is 5.05. The van der Waals surface area contributed by atoms with Crippen LogP contribution in [0.25, 0.3) is 0 Å². The topological polar surface area (TPSA) is 21.3 Å². The summed E-state index contributed by atoms with van der Waals surface area (Å²) in [5, 5.41) is 3.70. The zero-order valence-electron chi connectivity index (χ0n) is 11.2. The maximum atomic E-state index is 5.57. The summed E-state index contributed by atoms with van der Waals surface area (Å²) < 4.78 is 5.57. The third-order valence-electron chi connectivity index (χ3n) is 4.24. The monoisotopic (exact) mass is 237 g/mol. The molecular weight excluding hydrogens is 210 g/mol. The average Bonchev–Trinajstić information content (AvgIpc) is 2.40. The highest BCUT2D eigenvalue weighted by Gasteiger charge is 2.23. The van der Waals surface area contributed by atoms with Gasteiger partial charge in [-0.15, -0.1) is 0 Å². The number of allylic oxidation sites excluding steroid dienone is 1. The summed E-state index contributed by atoms with van der Waals surface area (Å²) >= 11 is 0. The minimum atomic E-state index is 0.448. The van der Waals surface area contributed by atoms with Gasteiger partial charge in [-0.2, -0.15) is 0 Å². The Bertz CT molecular complexity index is 249. The smallest absolute Gasteiger partial charge is 0.0724 e. The van der Waals surface area contributed by atoms with Crippen molar-refractivity contribution >= 4 is 0 Å². The second-order valence-electron chi connectivity index (χ2n) is 5.48. The van der Waals surface area contributed by atoms with Crippen molar-refractivity contribution in [2.24, 2.45) is 0 Å². The predicted molar refractivity (Wildman–Crippen MR) is 72.2 cm³/mol. The van der Waals surface area contributed by atoms with E-state index in [9.17, 15) is 0 Å². The molecule has 0 heterocycles. The Kier molecular flexibility index (Phi) is 5.53. The van der Waals surface area contributed by atoms with Gasteiger partial charge in [0.1, 0.15) is 0 Å². The molecule has 2 atom stereocenters. The molecule has 0 aromatic heterocycles. The number of methoxy groups -OCH3 is 1. The molecule has 1 saturated carbocycles. The van der Waals surface area contributed by atoms with Crippen molar-refractivity contribution in [3.8, 4) is 0 Å². The second kappa shape index (κ2) is 7.17. The molecule has 0 aromatic carbocycles. The Hall–Kier alpha value is -0.340. The van der Waals surface area contributed by atoms with Crippen LogP contribution in [0.2, 0.25) is 0 Å². The van der Waals surface area contributed by atoms with E-state index in [4.69, 9.17) is 4.74 Å². The lowest BCUT2D eigenvalue weighted by molar-refractivity contribution is 0.0421. The van der Waals surface area contributed by atoms with Crippen LogP contribution in [0.15, 0.2) is 11.6 Å². The molecule has 2 nitrogen and oxygen atoms in total. The van der Waals surface area contributed by atoms with Gasteiger partial charge in [0.05, 0.1) is 6.10 Å². The molecular formula is C15H27NO. The first-order valence-corrected chi connectivity index (χ1v) is 7.34. The SMILES string of the molecule is COC1CCCCC1NCCC1=CCCCC1. The third kappa shape index (κ3) is 4.11. The van der Waals surface area contributed by atoms with E-state index in [-0.39, 0.29) is 0 Å². The molecule has 0 aromatic rings. The molecule has 2 heteroatoms. The van der Waals surface area contributed by atoms with E-state index in [1.807, 2.05) is 7.11 Å². The zero-order chi connectivity index (χ0) is 11.9. The predicted octanol–water partition coefficient (Wildman–Crippen LogP) is 3.42. The highest BCUT2D eigenvalue weighted by atomic mass is 16.5. The van der Waals surface area contributed by atoms with Crippen molar-refractivity contribution < 1.29 is 4.74 Å². The molecule has 1 fully saturated rings. The summed E-state index contributed by atoms with van der Waals surface area (Å²) in [6.45, 7) is 1.14. The highest BCUT2D eigenvalue weighted by Crippen LogP contribution is 2.22. The fraction of sp³-hybridized carbons (Fsp3) is 0.867. The molecule has 0 radical (unpaired) electrons. The summed E-state index contributed by atoms with van der Waals surface area (Å²) in [4.78, 5) is 0. The van der Waals surface area contributed by atoms with Crippen LogP contribution in [0.5, 0.6) is 0 Å². The number of hydrogen-bond acceptors (Lipinski definition) is 2. The number of hydrogen-bond donors (Lipinski definition) is 1. The van der Waals surface area contributed by atoms with Crippen LogP contribution in [-0.4, -0.2) is 25.8 Å². The van der Waals surface area contributed by atoms with Crippen LogP contribution in [0, 0.1) is 0 Å². The molecule has 0 bridgehead atoms. The van der Waals surface area contributed by atoms with E-state index in [0.29, 0.717) is 12.1 Å². The van der Waals surface area contributed by atoms with Crippen molar-refractivity contribution in [3.63, 3.8) is 0 Å². The lowest BCUT2D eigenvalue weighted by atomic mass is 9.92.